The molecule has 2 N–H and O–H groups in total. The number of carbonyl (C=O) groups excluding carboxylic acids is 1. The smallest absolute Gasteiger partial charge is 0.255 e. The number of anilines is 2. The second-order valence-corrected chi connectivity index (χ2v) is 10.0. The topological polar surface area (TPSA) is 121 Å². The van der Waals surface area contributed by atoms with Gasteiger partial charge >= 0.3 is 0 Å². The molecule has 1 amide bonds. The first-order valence-electron chi connectivity index (χ1n) is 13.1. The van der Waals surface area contributed by atoms with Crippen molar-refractivity contribution >= 4 is 56.6 Å². The lowest BCUT2D eigenvalue weighted by Gasteiger charge is -2.37. The molecule has 0 saturated carbocycles. The Hall–Kier alpha value is -4.84. The van der Waals surface area contributed by atoms with Gasteiger partial charge in [-0.15, -0.1) is 0 Å². The summed E-state index contributed by atoms with van der Waals surface area (Å²) in [5.74, 6) is 2.58. The van der Waals surface area contributed by atoms with Gasteiger partial charge in [0, 0.05) is 43.2 Å². The van der Waals surface area contributed by atoms with Crippen LogP contribution in [0, 0.1) is 0 Å². The summed E-state index contributed by atoms with van der Waals surface area (Å²) in [5.41, 5.74) is 2.78. The molecule has 0 aliphatic carbocycles. The van der Waals surface area contributed by atoms with Crippen molar-refractivity contribution in [1.29, 1.82) is 0 Å². The molecule has 41 heavy (non-hydrogen) atoms. The third-order valence-electron chi connectivity index (χ3n) is 7.11. The van der Waals surface area contributed by atoms with Crippen LogP contribution >= 0.6 is 12.2 Å². The lowest BCUT2D eigenvalue weighted by molar-refractivity contribution is 0.102. The van der Waals surface area contributed by atoms with Crippen LogP contribution < -0.4 is 19.7 Å². The predicted molar refractivity (Wildman–Crippen MR) is 161 cm³/mol. The average molecular weight is 569 g/mol. The molecular weight excluding hydrogens is 540 g/mol. The fourth-order valence-corrected chi connectivity index (χ4v) is 5.31. The maximum Gasteiger partial charge on any atom is 0.255 e. The first-order chi connectivity index (χ1) is 20.0. The van der Waals surface area contributed by atoms with E-state index in [0.717, 1.165) is 58.9 Å². The summed E-state index contributed by atoms with van der Waals surface area (Å²) in [6, 6.07) is 12.9. The number of methoxy groups -OCH3 is 2. The third kappa shape index (κ3) is 5.33. The molecule has 11 nitrogen and oxygen atoms in total. The average Bonchev–Trinajstić information content (AvgIpc) is 3.39. The fraction of sp³-hybridized carbons (Fsp3) is 0.241. The normalized spacial score (nSPS) is 13.4. The summed E-state index contributed by atoms with van der Waals surface area (Å²) in [7, 11) is 3.25. The van der Waals surface area contributed by atoms with Gasteiger partial charge in [0.25, 0.3) is 5.91 Å². The number of ether oxygens (including phenoxy) is 2. The standard InChI is InChI=1S/C29H28N8O3S/c1-39-22-12-20-21(13-23(22)40-2)35-27-26(20)28(33-17-32-27)37-10-8-36(9-11-37)25(41)14-24-30-15-19(16-31-24)34-29(38)18-6-4-3-5-7-18/h3-7,12-13,15-17H,8-11,14H2,1-2H3,(H,34,38)(H,32,33,35). The minimum Gasteiger partial charge on any atom is -0.493 e. The van der Waals surface area contributed by atoms with Crippen molar-refractivity contribution in [3.05, 3.63) is 72.6 Å². The molecule has 5 aromatic rings. The van der Waals surface area contributed by atoms with Crippen LogP contribution in [0.5, 0.6) is 11.5 Å². The molecular formula is C29H28N8O3S. The van der Waals surface area contributed by atoms with Gasteiger partial charge in [0.2, 0.25) is 0 Å². The quantitative estimate of drug-likeness (QED) is 0.280. The highest BCUT2D eigenvalue weighted by Crippen LogP contribution is 2.38. The van der Waals surface area contributed by atoms with Crippen LogP contribution in [0.2, 0.25) is 0 Å². The largest absolute Gasteiger partial charge is 0.493 e. The maximum absolute atomic E-state index is 12.4. The van der Waals surface area contributed by atoms with Gasteiger partial charge in [-0.25, -0.2) is 19.9 Å². The van der Waals surface area contributed by atoms with E-state index >= 15 is 0 Å². The number of fused-ring (bicyclic) bond motifs is 3. The summed E-state index contributed by atoms with van der Waals surface area (Å²) in [6.07, 6.45) is 5.25. The van der Waals surface area contributed by atoms with E-state index in [4.69, 9.17) is 21.7 Å². The monoisotopic (exact) mass is 568 g/mol. The van der Waals surface area contributed by atoms with Crippen molar-refractivity contribution < 1.29 is 14.3 Å². The van der Waals surface area contributed by atoms with Crippen molar-refractivity contribution in [3.8, 4) is 11.5 Å². The molecule has 0 spiro atoms. The van der Waals surface area contributed by atoms with Gasteiger partial charge in [-0.2, -0.15) is 0 Å². The molecule has 0 radical (unpaired) electrons. The van der Waals surface area contributed by atoms with Gasteiger partial charge < -0.3 is 29.6 Å². The van der Waals surface area contributed by atoms with Gasteiger partial charge in [0.1, 0.15) is 23.6 Å². The van der Waals surface area contributed by atoms with E-state index in [9.17, 15) is 4.79 Å². The van der Waals surface area contributed by atoms with Gasteiger partial charge in [-0.1, -0.05) is 30.4 Å². The van der Waals surface area contributed by atoms with Crippen LogP contribution in [0.3, 0.4) is 0 Å². The Bertz CT molecular complexity index is 1720. The van der Waals surface area contributed by atoms with E-state index < -0.39 is 0 Å². The summed E-state index contributed by atoms with van der Waals surface area (Å²) < 4.78 is 11.0. The van der Waals surface area contributed by atoms with Gasteiger partial charge in [0.15, 0.2) is 11.5 Å². The van der Waals surface area contributed by atoms with E-state index in [1.54, 1.807) is 45.1 Å². The Balaban J connectivity index is 1.11. The molecule has 4 heterocycles. The number of benzene rings is 2. The molecule has 1 saturated heterocycles. The number of aromatic nitrogens is 5. The van der Waals surface area contributed by atoms with Crippen molar-refractivity contribution in [2.45, 2.75) is 6.42 Å². The van der Waals surface area contributed by atoms with Gasteiger partial charge in [-0.05, 0) is 18.2 Å². The molecule has 1 aliphatic rings. The van der Waals surface area contributed by atoms with Crippen LogP contribution in [0.25, 0.3) is 21.9 Å². The number of H-pyrrole nitrogens is 1. The Kier molecular flexibility index (Phi) is 7.30. The highest BCUT2D eigenvalue weighted by Gasteiger charge is 2.24. The second kappa shape index (κ2) is 11.3. The first kappa shape index (κ1) is 26.4. The molecule has 0 bridgehead atoms. The van der Waals surface area contributed by atoms with Crippen LogP contribution in [0.4, 0.5) is 11.5 Å². The molecule has 0 unspecified atom stereocenters. The summed E-state index contributed by atoms with van der Waals surface area (Å²) in [4.78, 5) is 38.9. The van der Waals surface area contributed by atoms with E-state index in [1.165, 1.54) is 0 Å². The summed E-state index contributed by atoms with van der Waals surface area (Å²) in [6.45, 7) is 2.99. The number of thiocarbonyl (C=S) groups is 1. The van der Waals surface area contributed by atoms with Crippen LogP contribution in [0.1, 0.15) is 16.2 Å². The molecule has 12 heteroatoms. The molecule has 2 aromatic carbocycles. The Morgan fingerprint density at radius 2 is 1.68 bits per heavy atom. The third-order valence-corrected chi connectivity index (χ3v) is 7.52. The number of hydrogen-bond donors (Lipinski definition) is 2. The van der Waals surface area contributed by atoms with Gasteiger partial charge in [-0.3, -0.25) is 4.79 Å². The van der Waals surface area contributed by atoms with Crippen LogP contribution in [0.15, 0.2) is 61.2 Å². The first-order valence-corrected chi connectivity index (χ1v) is 13.5. The lowest BCUT2D eigenvalue weighted by atomic mass is 10.1. The number of nitrogens with zero attached hydrogens (tertiary/aromatic N) is 6. The second-order valence-electron chi connectivity index (χ2n) is 9.55. The SMILES string of the molecule is COc1cc2[nH]c3ncnc(N4CCN(C(=S)Cc5ncc(NC(=O)c6ccccc6)cn5)CC4)c3c2cc1OC. The van der Waals surface area contributed by atoms with Crippen LogP contribution in [-0.4, -0.2) is 81.1 Å². The minimum atomic E-state index is -0.206. The van der Waals surface area contributed by atoms with E-state index in [-0.39, 0.29) is 5.91 Å². The zero-order valence-corrected chi connectivity index (χ0v) is 23.4. The van der Waals surface area contributed by atoms with Crippen LogP contribution in [-0.2, 0) is 6.42 Å². The Labute approximate surface area is 241 Å². The van der Waals surface area contributed by atoms with Crippen molar-refractivity contribution in [1.82, 2.24) is 29.8 Å². The minimum absolute atomic E-state index is 0.206. The van der Waals surface area contributed by atoms with Crippen molar-refractivity contribution in [2.75, 3.05) is 50.6 Å². The van der Waals surface area contributed by atoms with E-state index in [1.807, 2.05) is 30.3 Å². The maximum atomic E-state index is 12.4. The lowest BCUT2D eigenvalue weighted by Crippen LogP contribution is -2.49. The number of hydrogen-bond acceptors (Lipinski definition) is 9. The summed E-state index contributed by atoms with van der Waals surface area (Å²) >= 11 is 5.76. The Morgan fingerprint density at radius 3 is 2.39 bits per heavy atom. The molecule has 3 aromatic heterocycles. The number of nitrogens with one attached hydrogen (secondary N) is 2. The van der Waals surface area contributed by atoms with E-state index in [0.29, 0.717) is 35.0 Å². The highest BCUT2D eigenvalue weighted by atomic mass is 32.1. The molecule has 1 fully saturated rings. The van der Waals surface area contributed by atoms with Gasteiger partial charge in [0.05, 0.1) is 54.6 Å². The van der Waals surface area contributed by atoms with Crippen molar-refractivity contribution in [3.63, 3.8) is 0 Å². The number of piperazine rings is 1. The van der Waals surface area contributed by atoms with E-state index in [2.05, 4.69) is 40.0 Å². The molecule has 0 atom stereocenters. The zero-order valence-electron chi connectivity index (χ0n) is 22.6. The number of carbonyl (C=O) groups is 1. The zero-order chi connectivity index (χ0) is 28.3. The Morgan fingerprint density at radius 1 is 0.976 bits per heavy atom. The fourth-order valence-electron chi connectivity index (χ4n) is 4.99. The van der Waals surface area contributed by atoms with Crippen molar-refractivity contribution in [2.24, 2.45) is 0 Å². The molecule has 208 valence electrons. The number of aromatic amines is 1. The number of amides is 1. The highest BCUT2D eigenvalue weighted by molar-refractivity contribution is 7.80. The summed E-state index contributed by atoms with van der Waals surface area (Å²) in [5, 5.41) is 4.75. The number of rotatable bonds is 7. The molecule has 1 aliphatic heterocycles. The predicted octanol–water partition coefficient (Wildman–Crippen LogP) is 3.86. The molecule has 6 rings (SSSR count).